The molecule has 0 radical (unpaired) electrons. The molecule has 1 unspecified atom stereocenters. The zero-order valence-electron chi connectivity index (χ0n) is 14.6. The van der Waals surface area contributed by atoms with Gasteiger partial charge in [0.15, 0.2) is 0 Å². The highest BCUT2D eigenvalue weighted by Gasteiger charge is 2.50. The van der Waals surface area contributed by atoms with E-state index < -0.39 is 42.5 Å². The van der Waals surface area contributed by atoms with Crippen molar-refractivity contribution in [3.63, 3.8) is 0 Å². The number of fused-ring (bicyclic) bond motifs is 2. The third kappa shape index (κ3) is 3.32. The molecule has 0 aromatic heterocycles. The predicted octanol–water partition coefficient (Wildman–Crippen LogP) is -0.641. The number of hydrogen-bond donors (Lipinski definition) is 2. The van der Waals surface area contributed by atoms with Gasteiger partial charge < -0.3 is 15.3 Å². The maximum atomic E-state index is 13.4. The first kappa shape index (κ1) is 19.0. The number of urea groups is 1. The Balaban J connectivity index is 1.80. The van der Waals surface area contributed by atoms with Gasteiger partial charge in [-0.1, -0.05) is 6.08 Å². The number of carboxylic acids is 1. The summed E-state index contributed by atoms with van der Waals surface area (Å²) < 4.78 is 13.4. The fourth-order valence-corrected chi connectivity index (χ4v) is 3.46. The Kier molecular flexibility index (Phi) is 5.02. The van der Waals surface area contributed by atoms with Crippen LogP contribution in [0.1, 0.15) is 19.8 Å². The van der Waals surface area contributed by atoms with Gasteiger partial charge in [-0.05, 0) is 18.9 Å². The van der Waals surface area contributed by atoms with Gasteiger partial charge in [0, 0.05) is 6.42 Å². The van der Waals surface area contributed by atoms with Crippen molar-refractivity contribution in [3.8, 4) is 0 Å². The largest absolute Gasteiger partial charge is 0.477 e. The van der Waals surface area contributed by atoms with E-state index in [1.165, 1.54) is 7.11 Å². The number of alkyl halides is 1. The van der Waals surface area contributed by atoms with Gasteiger partial charge in [-0.25, -0.2) is 18.8 Å². The van der Waals surface area contributed by atoms with E-state index in [9.17, 15) is 23.6 Å². The fraction of sp³-hybridized carbons (Fsp3) is 0.600. The second-order valence-corrected chi connectivity index (χ2v) is 6.37. The van der Waals surface area contributed by atoms with Crippen LogP contribution in [0, 0.1) is 0 Å². The predicted molar refractivity (Wildman–Crippen MR) is 83.9 cm³/mol. The highest BCUT2D eigenvalue weighted by Crippen LogP contribution is 2.31. The summed E-state index contributed by atoms with van der Waals surface area (Å²) in [4.78, 5) is 58.5. The van der Waals surface area contributed by atoms with Crippen molar-refractivity contribution in [2.24, 2.45) is 0 Å². The Hall–Kier alpha value is -2.73. The molecule has 2 fully saturated rings. The van der Waals surface area contributed by atoms with E-state index in [0.717, 1.165) is 9.96 Å². The molecule has 0 saturated carbocycles. The summed E-state index contributed by atoms with van der Waals surface area (Å²) >= 11 is 0. The number of hydrogen-bond acceptors (Lipinski definition) is 6. The van der Waals surface area contributed by atoms with E-state index in [1.54, 1.807) is 13.0 Å². The highest BCUT2D eigenvalue weighted by atomic mass is 19.1. The molecular formula is C15H19FN4O7. The van der Waals surface area contributed by atoms with Gasteiger partial charge >= 0.3 is 18.4 Å². The smallest absolute Gasteiger partial charge is 0.368 e. The topological polar surface area (TPSA) is 129 Å². The molecule has 148 valence electrons. The summed E-state index contributed by atoms with van der Waals surface area (Å²) in [5.41, 5.74) is 0.493. The molecule has 12 heteroatoms. The Morgan fingerprint density at radius 2 is 2.15 bits per heavy atom. The Morgan fingerprint density at radius 3 is 2.70 bits per heavy atom. The first-order chi connectivity index (χ1) is 12.7. The van der Waals surface area contributed by atoms with E-state index in [1.807, 2.05) is 0 Å². The Bertz CT molecular complexity index is 714. The van der Waals surface area contributed by atoms with Crippen LogP contribution in [0.25, 0.3) is 0 Å². The lowest BCUT2D eigenvalue weighted by molar-refractivity contribution is -0.219. The van der Waals surface area contributed by atoms with Crippen LogP contribution in [-0.2, 0) is 24.1 Å². The molecule has 2 saturated heterocycles. The van der Waals surface area contributed by atoms with Crippen molar-refractivity contribution < 1.29 is 38.4 Å². The molecule has 3 aliphatic rings. The molecule has 0 spiro atoms. The van der Waals surface area contributed by atoms with Crippen LogP contribution in [0.3, 0.4) is 0 Å². The van der Waals surface area contributed by atoms with Crippen LogP contribution in [0.15, 0.2) is 11.6 Å². The minimum absolute atomic E-state index is 0.0213. The minimum atomic E-state index is -2.71. The standard InChI is InChI=1S/C15H19FN4O7/c1-7-5-8-6-18(15(25)19(8)27-12(16)14(23)24)11(7)13(22)20(26-2)9-3-4-10(21)17-9/h5,8-9,11-12H,3-4,6H2,1-2H3,(H,17,21)(H,23,24)/t8-,9?,11+,12-/m1/s1. The number of carbonyl (C=O) groups excluding carboxylic acids is 3. The SMILES string of the molecule is CON(C(=O)[C@@H]1C(C)=C[C@@H]2CN1C(=O)N2O[C@@H](F)C(=O)O)C1CCC(=O)N1. The van der Waals surface area contributed by atoms with Crippen molar-refractivity contribution in [1.82, 2.24) is 20.3 Å². The molecule has 3 rings (SSSR count). The number of carboxylic acid groups (broad SMARTS) is 1. The van der Waals surface area contributed by atoms with Gasteiger partial charge in [-0.15, -0.1) is 0 Å². The van der Waals surface area contributed by atoms with Crippen LogP contribution in [0.5, 0.6) is 0 Å². The Morgan fingerprint density at radius 1 is 1.44 bits per heavy atom. The molecule has 3 heterocycles. The molecule has 4 amide bonds. The van der Waals surface area contributed by atoms with Crippen LogP contribution in [-0.4, -0.2) is 82.2 Å². The zero-order chi connectivity index (χ0) is 19.9. The summed E-state index contributed by atoms with van der Waals surface area (Å²) in [6.07, 6.45) is -1.22. The van der Waals surface area contributed by atoms with Gasteiger partial charge in [0.2, 0.25) is 5.91 Å². The van der Waals surface area contributed by atoms with Crippen LogP contribution >= 0.6 is 0 Å². The summed E-state index contributed by atoms with van der Waals surface area (Å²) in [6, 6.07) is -2.59. The van der Waals surface area contributed by atoms with Gasteiger partial charge in [0.25, 0.3) is 5.91 Å². The van der Waals surface area contributed by atoms with Crippen molar-refractivity contribution in [2.75, 3.05) is 13.7 Å². The third-order valence-electron chi connectivity index (χ3n) is 4.62. The fourth-order valence-electron chi connectivity index (χ4n) is 3.46. The van der Waals surface area contributed by atoms with Crippen molar-refractivity contribution in [2.45, 2.75) is 44.4 Å². The number of nitrogens with zero attached hydrogens (tertiary/aromatic N) is 3. The first-order valence-corrected chi connectivity index (χ1v) is 8.23. The average Bonchev–Trinajstić information content (AvgIpc) is 3.13. The van der Waals surface area contributed by atoms with Gasteiger partial charge in [0.05, 0.1) is 19.7 Å². The van der Waals surface area contributed by atoms with Gasteiger partial charge in [0.1, 0.15) is 12.2 Å². The van der Waals surface area contributed by atoms with E-state index in [-0.39, 0.29) is 18.9 Å². The second kappa shape index (κ2) is 7.12. The van der Waals surface area contributed by atoms with Crippen LogP contribution < -0.4 is 5.32 Å². The monoisotopic (exact) mass is 386 g/mol. The minimum Gasteiger partial charge on any atom is -0.477 e. The zero-order valence-corrected chi connectivity index (χ0v) is 14.6. The van der Waals surface area contributed by atoms with Crippen LogP contribution in [0.4, 0.5) is 9.18 Å². The number of aliphatic carboxylic acids is 1. The molecule has 2 N–H and O–H groups in total. The quantitative estimate of drug-likeness (QED) is 0.459. The summed E-state index contributed by atoms with van der Waals surface area (Å²) in [6.45, 7) is 1.64. The van der Waals surface area contributed by atoms with E-state index in [0.29, 0.717) is 17.1 Å². The molecule has 0 aromatic rings. The molecular weight excluding hydrogens is 367 g/mol. The number of carbonyl (C=O) groups is 4. The lowest BCUT2D eigenvalue weighted by atomic mass is 10.00. The molecule has 0 aromatic carbocycles. The van der Waals surface area contributed by atoms with Crippen molar-refractivity contribution in [3.05, 3.63) is 11.6 Å². The number of nitrogens with one attached hydrogen (secondary N) is 1. The van der Waals surface area contributed by atoms with E-state index in [4.69, 9.17) is 9.94 Å². The van der Waals surface area contributed by atoms with Gasteiger partial charge in [-0.3, -0.25) is 14.4 Å². The number of hydroxylamine groups is 4. The third-order valence-corrected chi connectivity index (χ3v) is 4.62. The van der Waals surface area contributed by atoms with E-state index in [2.05, 4.69) is 10.2 Å². The van der Waals surface area contributed by atoms with E-state index >= 15 is 0 Å². The molecule has 4 atom stereocenters. The molecule has 3 aliphatic heterocycles. The van der Waals surface area contributed by atoms with Gasteiger partial charge in [-0.2, -0.15) is 10.1 Å². The normalized spacial score (nSPS) is 28.1. The number of amides is 4. The summed E-state index contributed by atoms with van der Waals surface area (Å²) in [7, 11) is 1.27. The second-order valence-electron chi connectivity index (χ2n) is 6.37. The number of rotatable bonds is 6. The lowest BCUT2D eigenvalue weighted by Gasteiger charge is -2.34. The average molecular weight is 386 g/mol. The van der Waals surface area contributed by atoms with Crippen molar-refractivity contribution >= 4 is 23.8 Å². The summed E-state index contributed by atoms with van der Waals surface area (Å²) in [5, 5.41) is 12.9. The summed E-state index contributed by atoms with van der Waals surface area (Å²) in [5.74, 6) is -2.66. The maximum absolute atomic E-state index is 13.4. The van der Waals surface area contributed by atoms with Crippen LogP contribution in [0.2, 0.25) is 0 Å². The molecule has 11 nitrogen and oxygen atoms in total. The maximum Gasteiger partial charge on any atom is 0.368 e. The number of halogens is 1. The molecule has 2 bridgehead atoms. The highest BCUT2D eigenvalue weighted by molar-refractivity contribution is 5.92. The molecule has 0 aliphatic carbocycles. The Labute approximate surface area is 153 Å². The first-order valence-electron chi connectivity index (χ1n) is 8.23. The van der Waals surface area contributed by atoms with Crippen molar-refractivity contribution in [1.29, 1.82) is 0 Å². The lowest BCUT2D eigenvalue weighted by Crippen LogP contribution is -2.55. The molecule has 27 heavy (non-hydrogen) atoms.